The normalized spacial score (nSPS) is 15.7. The highest BCUT2D eigenvalue weighted by Gasteiger charge is 2.36. The average Bonchev–Trinajstić information content (AvgIpc) is 3.07. The van der Waals surface area contributed by atoms with E-state index in [0.29, 0.717) is 16.7 Å². The number of fused-ring (bicyclic) bond motifs is 1. The van der Waals surface area contributed by atoms with Gasteiger partial charge in [0.25, 0.3) is 5.91 Å². The van der Waals surface area contributed by atoms with E-state index in [2.05, 4.69) is 26.1 Å². The van der Waals surface area contributed by atoms with Crippen molar-refractivity contribution >= 4 is 31.9 Å². The first kappa shape index (κ1) is 16.9. The summed E-state index contributed by atoms with van der Waals surface area (Å²) in [6, 6.07) is 13.9. The standard InChI is InChI=1S/C17H12BrN3O4S/c18-13-6-3-5-11(8-13)16-20-19-15(25-16)9-21-17(22)14-7-2-1-4-12(14)10-26(21,23)24/h1-8H,9-10H2. The van der Waals surface area contributed by atoms with Gasteiger partial charge in [0.05, 0.1) is 5.75 Å². The number of aromatic nitrogens is 2. The second-order valence-corrected chi connectivity index (χ2v) is 8.55. The smallest absolute Gasteiger partial charge is 0.268 e. The number of carbonyl (C=O) groups is 1. The molecule has 0 fully saturated rings. The number of hydrogen-bond donors (Lipinski definition) is 0. The molecular weight excluding hydrogens is 422 g/mol. The SMILES string of the molecule is O=C1c2ccccc2CS(=O)(=O)N1Cc1nnc(-c2cccc(Br)c2)o1. The summed E-state index contributed by atoms with van der Waals surface area (Å²) in [5.74, 6) is -0.518. The van der Waals surface area contributed by atoms with Crippen molar-refractivity contribution in [2.75, 3.05) is 0 Å². The molecule has 0 spiro atoms. The molecule has 4 rings (SSSR count). The van der Waals surface area contributed by atoms with Crippen LogP contribution in [0, 0.1) is 0 Å². The average molecular weight is 434 g/mol. The van der Waals surface area contributed by atoms with Gasteiger partial charge in [-0.1, -0.05) is 40.2 Å². The number of rotatable bonds is 3. The van der Waals surface area contributed by atoms with Gasteiger partial charge >= 0.3 is 0 Å². The summed E-state index contributed by atoms with van der Waals surface area (Å²) in [7, 11) is -3.80. The van der Waals surface area contributed by atoms with E-state index >= 15 is 0 Å². The summed E-state index contributed by atoms with van der Waals surface area (Å²) in [5, 5.41) is 7.82. The Balaban J connectivity index is 1.64. The third-order valence-electron chi connectivity index (χ3n) is 3.97. The molecule has 1 aliphatic rings. The lowest BCUT2D eigenvalue weighted by Crippen LogP contribution is -2.41. The summed E-state index contributed by atoms with van der Waals surface area (Å²) in [6.45, 7) is -0.295. The lowest BCUT2D eigenvalue weighted by atomic mass is 10.1. The van der Waals surface area contributed by atoms with Gasteiger partial charge in [-0.2, -0.15) is 0 Å². The molecule has 0 saturated heterocycles. The number of benzene rings is 2. The maximum Gasteiger partial charge on any atom is 0.268 e. The van der Waals surface area contributed by atoms with E-state index in [-0.39, 0.29) is 24.1 Å². The van der Waals surface area contributed by atoms with Crippen molar-refractivity contribution in [1.29, 1.82) is 0 Å². The zero-order valence-corrected chi connectivity index (χ0v) is 15.7. The van der Waals surface area contributed by atoms with Gasteiger partial charge < -0.3 is 4.42 Å². The van der Waals surface area contributed by atoms with Gasteiger partial charge in [-0.25, -0.2) is 12.7 Å². The Morgan fingerprint density at radius 3 is 2.73 bits per heavy atom. The highest BCUT2D eigenvalue weighted by atomic mass is 79.9. The molecule has 9 heteroatoms. The monoisotopic (exact) mass is 433 g/mol. The first-order valence-electron chi connectivity index (χ1n) is 7.65. The summed E-state index contributed by atoms with van der Waals surface area (Å²) in [5.41, 5.74) is 1.56. The molecule has 3 aromatic rings. The number of nitrogens with zero attached hydrogens (tertiary/aromatic N) is 3. The minimum atomic E-state index is -3.80. The van der Waals surface area contributed by atoms with Gasteiger partial charge in [0.15, 0.2) is 0 Å². The van der Waals surface area contributed by atoms with Gasteiger partial charge in [-0.3, -0.25) is 4.79 Å². The Labute approximate surface area is 157 Å². The molecule has 7 nitrogen and oxygen atoms in total. The molecule has 0 atom stereocenters. The van der Waals surface area contributed by atoms with Crippen LogP contribution in [0.3, 0.4) is 0 Å². The molecule has 0 saturated carbocycles. The van der Waals surface area contributed by atoms with Crippen molar-refractivity contribution < 1.29 is 17.6 Å². The molecule has 1 aromatic heterocycles. The molecule has 0 unspecified atom stereocenters. The van der Waals surface area contributed by atoms with Crippen LogP contribution in [0.5, 0.6) is 0 Å². The molecule has 26 heavy (non-hydrogen) atoms. The second kappa shape index (κ2) is 6.33. The second-order valence-electron chi connectivity index (χ2n) is 5.74. The minimum Gasteiger partial charge on any atom is -0.419 e. The Kier molecular flexibility index (Phi) is 4.12. The highest BCUT2D eigenvalue weighted by molar-refractivity contribution is 9.10. The van der Waals surface area contributed by atoms with Crippen molar-refractivity contribution in [3.05, 3.63) is 70.0 Å². The third kappa shape index (κ3) is 3.04. The van der Waals surface area contributed by atoms with Gasteiger partial charge in [0.2, 0.25) is 21.8 Å². The molecule has 2 aromatic carbocycles. The van der Waals surface area contributed by atoms with E-state index in [4.69, 9.17) is 4.42 Å². The van der Waals surface area contributed by atoms with Crippen LogP contribution in [-0.4, -0.2) is 28.8 Å². The number of halogens is 1. The lowest BCUT2D eigenvalue weighted by molar-refractivity contribution is 0.0841. The fourth-order valence-electron chi connectivity index (χ4n) is 2.74. The zero-order valence-electron chi connectivity index (χ0n) is 13.3. The number of amides is 1. The predicted molar refractivity (Wildman–Crippen MR) is 96.4 cm³/mol. The van der Waals surface area contributed by atoms with Crippen LogP contribution < -0.4 is 0 Å². The molecule has 0 N–H and O–H groups in total. The van der Waals surface area contributed by atoms with Crippen molar-refractivity contribution in [2.24, 2.45) is 0 Å². The minimum absolute atomic E-state index is 0.0521. The van der Waals surface area contributed by atoms with E-state index in [0.717, 1.165) is 8.78 Å². The Bertz CT molecular complexity index is 1110. The van der Waals surface area contributed by atoms with Gasteiger partial charge in [-0.05, 0) is 29.8 Å². The van der Waals surface area contributed by atoms with Gasteiger partial charge in [0, 0.05) is 15.6 Å². The van der Waals surface area contributed by atoms with Crippen LogP contribution in [0.2, 0.25) is 0 Å². The van der Waals surface area contributed by atoms with E-state index in [1.165, 1.54) is 0 Å². The molecule has 0 aliphatic carbocycles. The van der Waals surface area contributed by atoms with Gasteiger partial charge in [-0.15, -0.1) is 10.2 Å². The molecule has 2 heterocycles. The Hall–Kier alpha value is -2.52. The third-order valence-corrected chi connectivity index (χ3v) is 6.10. The first-order valence-corrected chi connectivity index (χ1v) is 10.1. The van der Waals surface area contributed by atoms with E-state index in [1.54, 1.807) is 36.4 Å². The Morgan fingerprint density at radius 2 is 1.92 bits per heavy atom. The van der Waals surface area contributed by atoms with E-state index in [1.807, 2.05) is 12.1 Å². The topological polar surface area (TPSA) is 93.4 Å². The summed E-state index contributed by atoms with van der Waals surface area (Å²) >= 11 is 3.36. The number of carbonyl (C=O) groups excluding carboxylic acids is 1. The molecule has 1 amide bonds. The van der Waals surface area contributed by atoms with Crippen molar-refractivity contribution in [1.82, 2.24) is 14.5 Å². The van der Waals surface area contributed by atoms with Crippen LogP contribution in [0.4, 0.5) is 0 Å². The maximum absolute atomic E-state index is 12.6. The number of sulfonamides is 1. The first-order chi connectivity index (χ1) is 12.4. The molecule has 0 radical (unpaired) electrons. The Morgan fingerprint density at radius 1 is 1.12 bits per heavy atom. The van der Waals surface area contributed by atoms with E-state index < -0.39 is 15.9 Å². The summed E-state index contributed by atoms with van der Waals surface area (Å²) in [4.78, 5) is 12.6. The quantitative estimate of drug-likeness (QED) is 0.629. The maximum atomic E-state index is 12.6. The van der Waals surface area contributed by atoms with Crippen molar-refractivity contribution in [2.45, 2.75) is 12.3 Å². The fraction of sp³-hybridized carbons (Fsp3) is 0.118. The van der Waals surface area contributed by atoms with Crippen LogP contribution in [0.25, 0.3) is 11.5 Å². The lowest BCUT2D eigenvalue weighted by Gasteiger charge is -2.26. The van der Waals surface area contributed by atoms with Crippen LogP contribution >= 0.6 is 15.9 Å². The van der Waals surface area contributed by atoms with Crippen molar-refractivity contribution in [3.8, 4) is 11.5 Å². The van der Waals surface area contributed by atoms with Crippen molar-refractivity contribution in [3.63, 3.8) is 0 Å². The largest absolute Gasteiger partial charge is 0.419 e. The summed E-state index contributed by atoms with van der Waals surface area (Å²) < 4.78 is 32.2. The molecular formula is C17H12BrN3O4S. The van der Waals surface area contributed by atoms with Gasteiger partial charge in [0.1, 0.15) is 6.54 Å². The molecule has 132 valence electrons. The molecule has 0 bridgehead atoms. The predicted octanol–water partition coefficient (Wildman–Crippen LogP) is 2.98. The zero-order chi connectivity index (χ0) is 18.3. The van der Waals surface area contributed by atoms with E-state index in [9.17, 15) is 13.2 Å². The number of hydrogen-bond acceptors (Lipinski definition) is 6. The highest BCUT2D eigenvalue weighted by Crippen LogP contribution is 2.27. The fourth-order valence-corrected chi connectivity index (χ4v) is 4.60. The summed E-state index contributed by atoms with van der Waals surface area (Å²) in [6.07, 6.45) is 0. The van der Waals surface area contributed by atoms with Crippen LogP contribution in [0.15, 0.2) is 57.4 Å². The van der Waals surface area contributed by atoms with Crippen LogP contribution in [-0.2, 0) is 22.3 Å². The molecule has 1 aliphatic heterocycles. The van der Waals surface area contributed by atoms with Crippen LogP contribution in [0.1, 0.15) is 21.8 Å².